The average molecular weight is 390 g/mol. The first-order valence-electron chi connectivity index (χ1n) is 6.94. The second kappa shape index (κ2) is 7.53. The van der Waals surface area contributed by atoms with E-state index in [9.17, 15) is 4.79 Å². The van der Waals surface area contributed by atoms with Gasteiger partial charge < -0.3 is 4.42 Å². The summed E-state index contributed by atoms with van der Waals surface area (Å²) in [6, 6.07) is 10.3. The molecule has 2 aromatic heterocycles. The van der Waals surface area contributed by atoms with Gasteiger partial charge in [-0.3, -0.25) is 10.1 Å². The van der Waals surface area contributed by atoms with E-state index in [2.05, 4.69) is 10.3 Å². The highest BCUT2D eigenvalue weighted by Crippen LogP contribution is 2.30. The number of halogens is 2. The SMILES string of the molecule is N#C/C(=C\c1ccco1)C(=O)Nc1nc(-c2ccc(Cl)c(Cl)c2)cs1. The van der Waals surface area contributed by atoms with Crippen molar-refractivity contribution in [1.82, 2.24) is 4.98 Å². The van der Waals surface area contributed by atoms with Gasteiger partial charge in [0.15, 0.2) is 5.13 Å². The molecule has 0 bridgehead atoms. The Morgan fingerprint density at radius 3 is 2.84 bits per heavy atom. The number of thiazole rings is 1. The molecule has 1 amide bonds. The molecule has 0 aliphatic rings. The van der Waals surface area contributed by atoms with Gasteiger partial charge in [0.05, 0.1) is 22.0 Å². The summed E-state index contributed by atoms with van der Waals surface area (Å²) in [5.74, 6) is -0.142. The highest BCUT2D eigenvalue weighted by molar-refractivity contribution is 7.14. The molecule has 3 rings (SSSR count). The third kappa shape index (κ3) is 4.09. The van der Waals surface area contributed by atoms with Crippen LogP contribution in [0, 0.1) is 11.3 Å². The van der Waals surface area contributed by atoms with Crippen LogP contribution in [-0.4, -0.2) is 10.9 Å². The summed E-state index contributed by atoms with van der Waals surface area (Å²) in [6.07, 6.45) is 2.83. The van der Waals surface area contributed by atoms with Crippen molar-refractivity contribution in [3.05, 3.63) is 63.4 Å². The molecule has 0 spiro atoms. The van der Waals surface area contributed by atoms with Gasteiger partial charge >= 0.3 is 0 Å². The maximum atomic E-state index is 12.2. The van der Waals surface area contributed by atoms with Crippen molar-refractivity contribution >= 4 is 51.7 Å². The van der Waals surface area contributed by atoms with Gasteiger partial charge in [-0.05, 0) is 24.3 Å². The summed E-state index contributed by atoms with van der Waals surface area (Å²) in [5, 5.41) is 14.8. The van der Waals surface area contributed by atoms with Gasteiger partial charge in [0.25, 0.3) is 5.91 Å². The maximum Gasteiger partial charge on any atom is 0.268 e. The van der Waals surface area contributed by atoms with Crippen LogP contribution in [-0.2, 0) is 4.79 Å². The van der Waals surface area contributed by atoms with E-state index in [4.69, 9.17) is 32.9 Å². The Balaban J connectivity index is 1.77. The monoisotopic (exact) mass is 389 g/mol. The van der Waals surface area contributed by atoms with Gasteiger partial charge in [0, 0.05) is 17.0 Å². The van der Waals surface area contributed by atoms with E-state index in [-0.39, 0.29) is 5.57 Å². The number of nitrogens with one attached hydrogen (secondary N) is 1. The zero-order valence-corrected chi connectivity index (χ0v) is 14.8. The Kier molecular flexibility index (Phi) is 5.19. The Bertz CT molecular complexity index is 988. The van der Waals surface area contributed by atoms with Gasteiger partial charge in [-0.25, -0.2) is 4.98 Å². The fourth-order valence-electron chi connectivity index (χ4n) is 1.95. The molecular weight excluding hydrogens is 381 g/mol. The van der Waals surface area contributed by atoms with E-state index in [1.807, 2.05) is 6.07 Å². The van der Waals surface area contributed by atoms with Crippen LogP contribution >= 0.6 is 34.5 Å². The average Bonchev–Trinajstić information content (AvgIpc) is 3.27. The summed E-state index contributed by atoms with van der Waals surface area (Å²) in [6.45, 7) is 0. The predicted octanol–water partition coefficient (Wildman–Crippen LogP) is 5.26. The highest BCUT2D eigenvalue weighted by atomic mass is 35.5. The third-order valence-electron chi connectivity index (χ3n) is 3.13. The molecule has 0 atom stereocenters. The molecule has 0 aliphatic heterocycles. The number of carbonyl (C=O) groups is 1. The lowest BCUT2D eigenvalue weighted by atomic mass is 10.2. The van der Waals surface area contributed by atoms with Crippen LogP contribution in [0.25, 0.3) is 17.3 Å². The summed E-state index contributed by atoms with van der Waals surface area (Å²) in [7, 11) is 0. The molecule has 0 aliphatic carbocycles. The summed E-state index contributed by atoms with van der Waals surface area (Å²) < 4.78 is 5.11. The summed E-state index contributed by atoms with van der Waals surface area (Å²) >= 11 is 13.1. The van der Waals surface area contributed by atoms with Crippen LogP contribution in [0.2, 0.25) is 10.0 Å². The summed E-state index contributed by atoms with van der Waals surface area (Å²) in [4.78, 5) is 16.5. The zero-order chi connectivity index (χ0) is 17.8. The predicted molar refractivity (Wildman–Crippen MR) is 98.5 cm³/mol. The molecule has 2 heterocycles. The fourth-order valence-corrected chi connectivity index (χ4v) is 2.96. The van der Waals surface area contributed by atoms with Crippen LogP contribution in [0.4, 0.5) is 5.13 Å². The fraction of sp³-hybridized carbons (Fsp3) is 0. The van der Waals surface area contributed by atoms with Crippen molar-refractivity contribution in [1.29, 1.82) is 5.26 Å². The maximum absolute atomic E-state index is 12.2. The zero-order valence-electron chi connectivity index (χ0n) is 12.5. The van der Waals surface area contributed by atoms with Gasteiger partial charge in [-0.15, -0.1) is 11.3 Å². The molecular formula is C17H9Cl2N3O2S. The van der Waals surface area contributed by atoms with Crippen LogP contribution in [0.15, 0.2) is 52.0 Å². The van der Waals surface area contributed by atoms with Crippen molar-refractivity contribution in [2.75, 3.05) is 5.32 Å². The highest BCUT2D eigenvalue weighted by Gasteiger charge is 2.13. The number of rotatable bonds is 4. The normalized spacial score (nSPS) is 11.2. The minimum Gasteiger partial charge on any atom is -0.465 e. The van der Waals surface area contributed by atoms with Crippen molar-refractivity contribution < 1.29 is 9.21 Å². The van der Waals surface area contributed by atoms with E-state index in [0.29, 0.717) is 26.6 Å². The molecule has 8 heteroatoms. The Labute approximate surface area is 157 Å². The largest absolute Gasteiger partial charge is 0.465 e. The molecule has 1 aromatic carbocycles. The number of aromatic nitrogens is 1. The second-order valence-electron chi connectivity index (χ2n) is 4.81. The third-order valence-corrected chi connectivity index (χ3v) is 4.63. The molecule has 0 unspecified atom stereocenters. The molecule has 124 valence electrons. The van der Waals surface area contributed by atoms with E-state index in [0.717, 1.165) is 5.56 Å². The number of anilines is 1. The number of hydrogen-bond donors (Lipinski definition) is 1. The Hall–Kier alpha value is -2.59. The minimum absolute atomic E-state index is 0.0822. The van der Waals surface area contributed by atoms with Crippen molar-refractivity contribution in [2.45, 2.75) is 0 Å². The molecule has 0 radical (unpaired) electrons. The number of nitrogens with zero attached hydrogens (tertiary/aromatic N) is 2. The molecule has 3 aromatic rings. The standard InChI is InChI=1S/C17H9Cl2N3O2S/c18-13-4-3-10(7-14(13)19)15-9-25-17(21-15)22-16(23)11(8-20)6-12-2-1-5-24-12/h1-7,9H,(H,21,22,23)/b11-6+. The number of hydrogen-bond acceptors (Lipinski definition) is 5. The van der Waals surface area contributed by atoms with E-state index >= 15 is 0 Å². The lowest BCUT2D eigenvalue weighted by molar-refractivity contribution is -0.112. The van der Waals surface area contributed by atoms with Crippen molar-refractivity contribution in [3.8, 4) is 17.3 Å². The first-order valence-corrected chi connectivity index (χ1v) is 8.58. The molecule has 5 nitrogen and oxygen atoms in total. The van der Waals surface area contributed by atoms with Gasteiger partial charge in [-0.1, -0.05) is 29.3 Å². The lowest BCUT2D eigenvalue weighted by Gasteiger charge is -2.01. The van der Waals surface area contributed by atoms with Crippen LogP contribution in [0.5, 0.6) is 0 Å². The van der Waals surface area contributed by atoms with Gasteiger partial charge in [0.1, 0.15) is 17.4 Å². The molecule has 1 N–H and O–H groups in total. The van der Waals surface area contributed by atoms with Crippen LogP contribution in [0.1, 0.15) is 5.76 Å². The van der Waals surface area contributed by atoms with E-state index in [1.54, 1.807) is 35.7 Å². The summed E-state index contributed by atoms with van der Waals surface area (Å²) in [5.41, 5.74) is 1.34. The number of furan rings is 1. The second-order valence-corrected chi connectivity index (χ2v) is 6.48. The molecule has 25 heavy (non-hydrogen) atoms. The lowest BCUT2D eigenvalue weighted by Crippen LogP contribution is -2.13. The molecule has 0 fully saturated rings. The topological polar surface area (TPSA) is 78.9 Å². The minimum atomic E-state index is -0.561. The first kappa shape index (κ1) is 17.2. The number of carbonyl (C=O) groups excluding carboxylic acids is 1. The van der Waals surface area contributed by atoms with Gasteiger partial charge in [0.2, 0.25) is 0 Å². The van der Waals surface area contributed by atoms with E-state index < -0.39 is 5.91 Å². The first-order chi connectivity index (χ1) is 12.1. The Morgan fingerprint density at radius 2 is 2.16 bits per heavy atom. The molecule has 0 saturated heterocycles. The number of benzene rings is 1. The Morgan fingerprint density at radius 1 is 1.32 bits per heavy atom. The van der Waals surface area contributed by atoms with Crippen LogP contribution < -0.4 is 5.32 Å². The quantitative estimate of drug-likeness (QED) is 0.487. The number of amides is 1. The van der Waals surface area contributed by atoms with E-state index in [1.165, 1.54) is 23.7 Å². The van der Waals surface area contributed by atoms with Crippen LogP contribution in [0.3, 0.4) is 0 Å². The van der Waals surface area contributed by atoms with Crippen molar-refractivity contribution in [2.24, 2.45) is 0 Å². The number of nitriles is 1. The smallest absolute Gasteiger partial charge is 0.268 e. The van der Waals surface area contributed by atoms with Crippen molar-refractivity contribution in [3.63, 3.8) is 0 Å². The molecule has 0 saturated carbocycles. The van der Waals surface area contributed by atoms with Gasteiger partial charge in [-0.2, -0.15) is 5.26 Å².